The SMILES string of the molecule is COC(=O)[C@H](N)Cc1cc(N)ccc1Cl. The molecule has 1 rings (SSSR count). The lowest BCUT2D eigenvalue weighted by molar-refractivity contribution is -0.142. The van der Waals surface area contributed by atoms with Crippen LogP contribution in [0.5, 0.6) is 0 Å². The van der Waals surface area contributed by atoms with Crippen molar-refractivity contribution in [3.63, 3.8) is 0 Å². The highest BCUT2D eigenvalue weighted by molar-refractivity contribution is 6.31. The van der Waals surface area contributed by atoms with Gasteiger partial charge in [0.15, 0.2) is 0 Å². The van der Waals surface area contributed by atoms with Crippen molar-refractivity contribution < 1.29 is 9.53 Å². The van der Waals surface area contributed by atoms with Gasteiger partial charge in [-0.15, -0.1) is 0 Å². The van der Waals surface area contributed by atoms with Crippen LogP contribution in [0.1, 0.15) is 5.56 Å². The number of benzene rings is 1. The molecule has 0 aliphatic rings. The Balaban J connectivity index is 2.80. The first-order valence-electron chi connectivity index (χ1n) is 4.42. The smallest absolute Gasteiger partial charge is 0.322 e. The number of methoxy groups -OCH3 is 1. The average Bonchev–Trinajstić information content (AvgIpc) is 2.22. The van der Waals surface area contributed by atoms with Crippen molar-refractivity contribution >= 4 is 23.3 Å². The Morgan fingerprint density at radius 1 is 1.60 bits per heavy atom. The van der Waals surface area contributed by atoms with E-state index in [1.165, 1.54) is 7.11 Å². The van der Waals surface area contributed by atoms with Crippen LogP contribution < -0.4 is 11.5 Å². The predicted octanol–water partition coefficient (Wildman–Crippen LogP) is 0.965. The zero-order valence-corrected chi connectivity index (χ0v) is 9.12. The van der Waals surface area contributed by atoms with E-state index in [4.69, 9.17) is 23.1 Å². The van der Waals surface area contributed by atoms with Crippen molar-refractivity contribution in [1.82, 2.24) is 0 Å². The van der Waals surface area contributed by atoms with Crippen LogP contribution in [0.15, 0.2) is 18.2 Å². The Bertz CT molecular complexity index is 368. The first-order chi connectivity index (χ1) is 7.04. The zero-order valence-electron chi connectivity index (χ0n) is 8.37. The number of ether oxygens (including phenoxy) is 1. The van der Waals surface area contributed by atoms with Gasteiger partial charge in [0.05, 0.1) is 7.11 Å². The van der Waals surface area contributed by atoms with Gasteiger partial charge in [-0.1, -0.05) is 11.6 Å². The fourth-order valence-corrected chi connectivity index (χ4v) is 1.42. The topological polar surface area (TPSA) is 78.3 Å². The van der Waals surface area contributed by atoms with Gasteiger partial charge < -0.3 is 16.2 Å². The third-order valence-corrected chi connectivity index (χ3v) is 2.38. The van der Waals surface area contributed by atoms with Gasteiger partial charge >= 0.3 is 5.97 Å². The molecule has 0 amide bonds. The molecule has 0 radical (unpaired) electrons. The molecule has 0 aliphatic carbocycles. The number of halogens is 1. The van der Waals surface area contributed by atoms with E-state index in [1.807, 2.05) is 0 Å². The van der Waals surface area contributed by atoms with E-state index >= 15 is 0 Å². The Morgan fingerprint density at radius 2 is 2.27 bits per heavy atom. The third kappa shape index (κ3) is 3.11. The molecule has 5 heteroatoms. The van der Waals surface area contributed by atoms with Crippen LogP contribution in [-0.2, 0) is 16.0 Å². The molecular weight excluding hydrogens is 216 g/mol. The van der Waals surface area contributed by atoms with Crippen LogP contribution in [-0.4, -0.2) is 19.1 Å². The summed E-state index contributed by atoms with van der Waals surface area (Å²) >= 11 is 5.92. The molecule has 15 heavy (non-hydrogen) atoms. The van der Waals surface area contributed by atoms with E-state index in [1.54, 1.807) is 18.2 Å². The second kappa shape index (κ2) is 5.00. The van der Waals surface area contributed by atoms with Gasteiger partial charge in [-0.05, 0) is 30.2 Å². The molecule has 4 nitrogen and oxygen atoms in total. The molecule has 1 atom stereocenters. The molecule has 0 unspecified atom stereocenters. The molecule has 0 saturated carbocycles. The first-order valence-corrected chi connectivity index (χ1v) is 4.79. The summed E-state index contributed by atoms with van der Waals surface area (Å²) < 4.78 is 4.52. The molecule has 0 fully saturated rings. The summed E-state index contributed by atoms with van der Waals surface area (Å²) in [6, 6.07) is 4.35. The summed E-state index contributed by atoms with van der Waals surface area (Å²) in [6.07, 6.45) is 0.316. The summed E-state index contributed by atoms with van der Waals surface area (Å²) in [6.45, 7) is 0. The van der Waals surface area contributed by atoms with Crippen LogP contribution >= 0.6 is 11.6 Å². The average molecular weight is 229 g/mol. The lowest BCUT2D eigenvalue weighted by Gasteiger charge is -2.10. The van der Waals surface area contributed by atoms with Gasteiger partial charge in [0.2, 0.25) is 0 Å². The van der Waals surface area contributed by atoms with Gasteiger partial charge in [0, 0.05) is 10.7 Å². The molecule has 0 heterocycles. The van der Waals surface area contributed by atoms with Gasteiger partial charge in [0.1, 0.15) is 6.04 Å². The van der Waals surface area contributed by atoms with Gasteiger partial charge in [-0.3, -0.25) is 4.79 Å². The van der Waals surface area contributed by atoms with E-state index in [-0.39, 0.29) is 0 Å². The molecule has 4 N–H and O–H groups in total. The largest absolute Gasteiger partial charge is 0.468 e. The minimum absolute atomic E-state index is 0.316. The number of nitrogens with two attached hydrogens (primary N) is 2. The van der Waals surface area contributed by atoms with Crippen molar-refractivity contribution in [2.75, 3.05) is 12.8 Å². The maximum absolute atomic E-state index is 11.1. The molecule has 82 valence electrons. The van der Waals surface area contributed by atoms with Crippen molar-refractivity contribution in [2.24, 2.45) is 5.73 Å². The number of nitrogen functional groups attached to an aromatic ring is 1. The van der Waals surface area contributed by atoms with Crippen molar-refractivity contribution in [3.8, 4) is 0 Å². The Kier molecular flexibility index (Phi) is 3.94. The van der Waals surface area contributed by atoms with Crippen molar-refractivity contribution in [2.45, 2.75) is 12.5 Å². The summed E-state index contributed by atoms with van der Waals surface area (Å²) in [4.78, 5) is 11.1. The number of carbonyl (C=O) groups excluding carboxylic acids is 1. The summed E-state index contributed by atoms with van der Waals surface area (Å²) in [5.74, 6) is -0.464. The summed E-state index contributed by atoms with van der Waals surface area (Å²) in [7, 11) is 1.29. The number of rotatable bonds is 3. The molecule has 1 aromatic carbocycles. The molecule has 0 aromatic heterocycles. The summed E-state index contributed by atoms with van der Waals surface area (Å²) in [5, 5.41) is 0.545. The number of hydrogen-bond acceptors (Lipinski definition) is 4. The summed E-state index contributed by atoms with van der Waals surface area (Å²) in [5.41, 5.74) is 12.5. The monoisotopic (exact) mass is 228 g/mol. The number of anilines is 1. The quantitative estimate of drug-likeness (QED) is 0.597. The highest BCUT2D eigenvalue weighted by Crippen LogP contribution is 2.20. The highest BCUT2D eigenvalue weighted by Gasteiger charge is 2.15. The highest BCUT2D eigenvalue weighted by atomic mass is 35.5. The second-order valence-corrected chi connectivity index (χ2v) is 3.59. The fraction of sp³-hybridized carbons (Fsp3) is 0.300. The Hall–Kier alpha value is -1.26. The normalized spacial score (nSPS) is 12.2. The van der Waals surface area contributed by atoms with Crippen LogP contribution in [0.3, 0.4) is 0 Å². The number of carbonyl (C=O) groups is 1. The maximum Gasteiger partial charge on any atom is 0.322 e. The first kappa shape index (κ1) is 11.8. The Labute approximate surface area is 93.1 Å². The minimum atomic E-state index is -0.714. The molecule has 0 aliphatic heterocycles. The van der Waals surface area contributed by atoms with E-state index in [0.717, 1.165) is 5.56 Å². The van der Waals surface area contributed by atoms with Gasteiger partial charge in [-0.2, -0.15) is 0 Å². The predicted molar refractivity (Wildman–Crippen MR) is 59.6 cm³/mol. The maximum atomic E-state index is 11.1. The minimum Gasteiger partial charge on any atom is -0.468 e. The van der Waals surface area contributed by atoms with Crippen molar-refractivity contribution in [3.05, 3.63) is 28.8 Å². The van der Waals surface area contributed by atoms with E-state index in [2.05, 4.69) is 4.74 Å². The lowest BCUT2D eigenvalue weighted by Crippen LogP contribution is -2.33. The van der Waals surface area contributed by atoms with Gasteiger partial charge in [-0.25, -0.2) is 0 Å². The van der Waals surface area contributed by atoms with Gasteiger partial charge in [0.25, 0.3) is 0 Å². The van der Waals surface area contributed by atoms with E-state index in [9.17, 15) is 4.79 Å². The molecule has 0 saturated heterocycles. The second-order valence-electron chi connectivity index (χ2n) is 3.18. The number of hydrogen-bond donors (Lipinski definition) is 2. The van der Waals surface area contributed by atoms with Crippen LogP contribution in [0.4, 0.5) is 5.69 Å². The molecule has 1 aromatic rings. The molecule has 0 bridgehead atoms. The van der Waals surface area contributed by atoms with Crippen LogP contribution in [0, 0.1) is 0 Å². The van der Waals surface area contributed by atoms with E-state index < -0.39 is 12.0 Å². The molecule has 0 spiro atoms. The van der Waals surface area contributed by atoms with E-state index in [0.29, 0.717) is 17.1 Å². The lowest BCUT2D eigenvalue weighted by atomic mass is 10.1. The zero-order chi connectivity index (χ0) is 11.4. The fourth-order valence-electron chi connectivity index (χ4n) is 1.22. The van der Waals surface area contributed by atoms with Crippen LogP contribution in [0.25, 0.3) is 0 Å². The standard InChI is InChI=1S/C10H13ClN2O2/c1-15-10(14)9(13)5-6-4-7(12)2-3-8(6)11/h2-4,9H,5,12-13H2,1H3/t9-/m1/s1. The number of esters is 1. The Morgan fingerprint density at radius 3 is 2.87 bits per heavy atom. The van der Waals surface area contributed by atoms with Crippen molar-refractivity contribution in [1.29, 1.82) is 0 Å². The molecular formula is C10H13ClN2O2. The van der Waals surface area contributed by atoms with Crippen LogP contribution in [0.2, 0.25) is 5.02 Å². The third-order valence-electron chi connectivity index (χ3n) is 2.01.